The number of carbonyl (C=O) groups is 2. The van der Waals surface area contributed by atoms with Crippen molar-refractivity contribution in [3.8, 4) is 17.2 Å². The summed E-state index contributed by atoms with van der Waals surface area (Å²) in [6.07, 6.45) is 0. The average Bonchev–Trinajstić information content (AvgIpc) is 2.94. The molecule has 8 heteroatoms. The normalized spacial score (nSPS) is 12.7. The van der Waals surface area contributed by atoms with Gasteiger partial charge in [-0.15, -0.1) is 0 Å². The van der Waals surface area contributed by atoms with Crippen LogP contribution in [0, 0.1) is 13.8 Å². The Morgan fingerprint density at radius 1 is 0.966 bits per heavy atom. The zero-order valence-corrected chi connectivity index (χ0v) is 16.3. The fraction of sp³-hybridized carbons (Fsp3) is 0.0952. The number of amides is 2. The first-order valence-electron chi connectivity index (χ1n) is 8.72. The van der Waals surface area contributed by atoms with E-state index in [2.05, 4.69) is 5.32 Å². The lowest BCUT2D eigenvalue weighted by Gasteiger charge is -2.15. The molecule has 0 fully saturated rings. The van der Waals surface area contributed by atoms with Gasteiger partial charge in [-0.1, -0.05) is 23.7 Å². The van der Waals surface area contributed by atoms with Crippen molar-refractivity contribution in [2.24, 2.45) is 0 Å². The molecular weight excluding hydrogens is 394 g/mol. The van der Waals surface area contributed by atoms with Gasteiger partial charge in [0.2, 0.25) is 0 Å². The Kier molecular flexibility index (Phi) is 4.39. The number of anilines is 1. The van der Waals surface area contributed by atoms with Crippen LogP contribution in [0.4, 0.5) is 5.82 Å². The molecule has 0 unspecified atom stereocenters. The van der Waals surface area contributed by atoms with Crippen LogP contribution in [0.5, 0.6) is 11.5 Å². The minimum atomic E-state index is -0.642. The van der Waals surface area contributed by atoms with Crippen molar-refractivity contribution in [3.63, 3.8) is 0 Å². The second-order valence-corrected chi connectivity index (χ2v) is 7.17. The van der Waals surface area contributed by atoms with Crippen molar-refractivity contribution in [2.75, 3.05) is 5.73 Å². The molecule has 2 amide bonds. The molecule has 0 spiro atoms. The van der Waals surface area contributed by atoms with Gasteiger partial charge in [0, 0.05) is 6.07 Å². The van der Waals surface area contributed by atoms with Crippen LogP contribution in [-0.2, 0) is 0 Å². The van der Waals surface area contributed by atoms with Gasteiger partial charge in [0.15, 0.2) is 0 Å². The number of ether oxygens (including phenoxy) is 1. The lowest BCUT2D eigenvalue weighted by molar-refractivity contribution is 0.0880. The Morgan fingerprint density at radius 2 is 1.72 bits per heavy atom. The average molecular weight is 410 g/mol. The number of hydrogen-bond acceptors (Lipinski definition) is 5. The predicted octanol–water partition coefficient (Wildman–Crippen LogP) is 3.37. The van der Waals surface area contributed by atoms with Crippen molar-refractivity contribution in [1.82, 2.24) is 9.88 Å². The summed E-state index contributed by atoms with van der Waals surface area (Å²) in [5, 5.41) is 2.39. The maximum absolute atomic E-state index is 12.5. The summed E-state index contributed by atoms with van der Waals surface area (Å²) in [7, 11) is 0. The smallest absolute Gasteiger partial charge is 0.262 e. The van der Waals surface area contributed by atoms with Crippen molar-refractivity contribution < 1.29 is 14.3 Å². The van der Waals surface area contributed by atoms with Gasteiger partial charge in [-0.25, -0.2) is 0 Å². The van der Waals surface area contributed by atoms with E-state index in [1.165, 1.54) is 6.07 Å². The molecule has 146 valence electrons. The molecule has 4 rings (SSSR count). The van der Waals surface area contributed by atoms with Crippen LogP contribution in [0.3, 0.4) is 0 Å². The molecule has 2 heterocycles. The summed E-state index contributed by atoms with van der Waals surface area (Å²) in [4.78, 5) is 36.3. The minimum absolute atomic E-state index is 0.0264. The first-order chi connectivity index (χ1) is 13.8. The first-order valence-corrected chi connectivity index (χ1v) is 9.10. The molecule has 0 radical (unpaired) electrons. The Hall–Kier alpha value is -3.58. The Balaban J connectivity index is 1.77. The van der Waals surface area contributed by atoms with Crippen LogP contribution in [0.2, 0.25) is 5.02 Å². The fourth-order valence-electron chi connectivity index (χ4n) is 3.19. The summed E-state index contributed by atoms with van der Waals surface area (Å²) in [5.41, 5.74) is 7.78. The van der Waals surface area contributed by atoms with E-state index in [1.54, 1.807) is 12.1 Å². The largest absolute Gasteiger partial charge is 0.456 e. The molecule has 1 aliphatic rings. The highest BCUT2D eigenvalue weighted by Gasteiger charge is 2.31. The van der Waals surface area contributed by atoms with E-state index in [1.807, 2.05) is 32.0 Å². The van der Waals surface area contributed by atoms with Crippen LogP contribution in [0.1, 0.15) is 31.8 Å². The molecule has 0 atom stereocenters. The van der Waals surface area contributed by atoms with Gasteiger partial charge in [-0.3, -0.25) is 24.3 Å². The molecule has 0 aliphatic carbocycles. The van der Waals surface area contributed by atoms with E-state index in [-0.39, 0.29) is 22.0 Å². The Morgan fingerprint density at radius 3 is 2.45 bits per heavy atom. The molecular formula is C21H16ClN3O4. The van der Waals surface area contributed by atoms with E-state index >= 15 is 0 Å². The second kappa shape index (κ2) is 6.79. The third-order valence-corrected chi connectivity index (χ3v) is 4.99. The van der Waals surface area contributed by atoms with Gasteiger partial charge in [0.25, 0.3) is 17.4 Å². The summed E-state index contributed by atoms with van der Waals surface area (Å²) in [6.45, 7) is 3.88. The summed E-state index contributed by atoms with van der Waals surface area (Å²) < 4.78 is 7.05. The Bertz CT molecular complexity index is 1260. The second-order valence-electron chi connectivity index (χ2n) is 6.76. The number of fused-ring (bicyclic) bond motifs is 1. The maximum atomic E-state index is 12.5. The lowest BCUT2D eigenvalue weighted by atomic mass is 10.1. The number of nitrogens with two attached hydrogens (primary N) is 1. The van der Waals surface area contributed by atoms with Crippen molar-refractivity contribution in [3.05, 3.63) is 80.1 Å². The monoisotopic (exact) mass is 409 g/mol. The molecule has 3 aromatic rings. The number of nitrogens with one attached hydrogen (secondary N) is 1. The van der Waals surface area contributed by atoms with Crippen LogP contribution in [0.25, 0.3) is 5.69 Å². The van der Waals surface area contributed by atoms with E-state index in [0.717, 1.165) is 21.8 Å². The van der Waals surface area contributed by atoms with Gasteiger partial charge < -0.3 is 10.5 Å². The zero-order chi connectivity index (χ0) is 20.9. The summed E-state index contributed by atoms with van der Waals surface area (Å²) >= 11 is 6.38. The van der Waals surface area contributed by atoms with Gasteiger partial charge in [-0.2, -0.15) is 0 Å². The highest BCUT2D eigenvalue weighted by molar-refractivity contribution is 6.32. The standard InChI is InChI=1S/C21H16ClN3O4/c1-10-3-4-11(2)16(7-10)29-15-6-5-12(8-14(15)22)25-17(26)9-13-18(19(25)23)21(28)24-20(13)27/h3-9H,23H2,1-2H3,(H,24,27,28). The van der Waals surface area contributed by atoms with E-state index < -0.39 is 17.4 Å². The molecule has 2 aromatic carbocycles. The number of imide groups is 1. The van der Waals surface area contributed by atoms with Crippen molar-refractivity contribution in [2.45, 2.75) is 13.8 Å². The summed E-state index contributed by atoms with van der Waals surface area (Å²) in [6, 6.07) is 11.6. The van der Waals surface area contributed by atoms with Gasteiger partial charge in [-0.05, 0) is 49.2 Å². The molecule has 29 heavy (non-hydrogen) atoms. The number of halogens is 1. The number of aryl methyl sites for hydroxylation is 2. The van der Waals surface area contributed by atoms with Gasteiger partial charge in [0.1, 0.15) is 17.3 Å². The highest BCUT2D eigenvalue weighted by atomic mass is 35.5. The number of carbonyl (C=O) groups excluding carboxylic acids is 2. The van der Waals surface area contributed by atoms with E-state index in [9.17, 15) is 14.4 Å². The highest BCUT2D eigenvalue weighted by Crippen LogP contribution is 2.33. The third-order valence-electron chi connectivity index (χ3n) is 4.69. The molecule has 1 aliphatic heterocycles. The van der Waals surface area contributed by atoms with E-state index in [4.69, 9.17) is 22.1 Å². The van der Waals surface area contributed by atoms with Gasteiger partial charge >= 0.3 is 0 Å². The number of hydrogen-bond donors (Lipinski definition) is 2. The number of nitrogen functional groups attached to an aromatic ring is 1. The third kappa shape index (κ3) is 3.15. The SMILES string of the molecule is Cc1ccc(C)c(Oc2ccc(-n3c(N)c4c(cc3=O)C(=O)NC4=O)cc2Cl)c1. The first kappa shape index (κ1) is 18.8. The number of benzene rings is 2. The molecule has 3 N–H and O–H groups in total. The van der Waals surface area contributed by atoms with Crippen molar-refractivity contribution in [1.29, 1.82) is 0 Å². The topological polar surface area (TPSA) is 103 Å². The van der Waals surface area contributed by atoms with Crippen molar-refractivity contribution >= 4 is 29.2 Å². The number of nitrogens with zero attached hydrogens (tertiary/aromatic N) is 1. The quantitative estimate of drug-likeness (QED) is 0.645. The number of pyridine rings is 1. The van der Waals surface area contributed by atoms with Crippen LogP contribution in [0.15, 0.2) is 47.3 Å². The zero-order valence-electron chi connectivity index (χ0n) is 15.6. The summed E-state index contributed by atoms with van der Waals surface area (Å²) in [5.74, 6) is -0.336. The van der Waals surface area contributed by atoms with E-state index in [0.29, 0.717) is 17.2 Å². The Labute approximate surface area is 170 Å². The molecule has 7 nitrogen and oxygen atoms in total. The van der Waals surface area contributed by atoms with Crippen LogP contribution >= 0.6 is 11.6 Å². The fourth-order valence-corrected chi connectivity index (χ4v) is 3.41. The predicted molar refractivity (Wildman–Crippen MR) is 109 cm³/mol. The number of rotatable bonds is 3. The molecule has 1 aromatic heterocycles. The minimum Gasteiger partial charge on any atom is -0.456 e. The molecule has 0 saturated carbocycles. The molecule has 0 bridgehead atoms. The van der Waals surface area contributed by atoms with Gasteiger partial charge in [0.05, 0.1) is 21.8 Å². The van der Waals surface area contributed by atoms with Crippen LogP contribution in [-0.4, -0.2) is 16.4 Å². The number of aromatic nitrogens is 1. The van der Waals surface area contributed by atoms with Crippen LogP contribution < -0.4 is 21.3 Å². The molecule has 0 saturated heterocycles. The lowest BCUT2D eigenvalue weighted by Crippen LogP contribution is -2.24. The maximum Gasteiger partial charge on any atom is 0.262 e.